The van der Waals surface area contributed by atoms with Crippen molar-refractivity contribution in [3.8, 4) is 0 Å². The maximum Gasteiger partial charge on any atom is 0.0406 e. The Labute approximate surface area is 135 Å². The van der Waals surface area contributed by atoms with Gasteiger partial charge in [-0.05, 0) is 48.9 Å². The summed E-state index contributed by atoms with van der Waals surface area (Å²) < 4.78 is 0. The molecule has 4 N–H and O–H groups in total. The van der Waals surface area contributed by atoms with Crippen LogP contribution in [-0.2, 0) is 0 Å². The lowest BCUT2D eigenvalue weighted by Gasteiger charge is -2.15. The van der Waals surface area contributed by atoms with Crippen LogP contribution in [0, 0.1) is 0 Å². The van der Waals surface area contributed by atoms with Gasteiger partial charge < -0.3 is 11.5 Å². The fourth-order valence-corrected chi connectivity index (χ4v) is 2.98. The monoisotopic (exact) mass is 328 g/mol. The smallest absolute Gasteiger partial charge is 0.0406 e. The van der Waals surface area contributed by atoms with E-state index in [1.807, 2.05) is 36.4 Å². The number of halogens is 2. The molecule has 0 amide bonds. The summed E-state index contributed by atoms with van der Waals surface area (Å²) in [6, 6.07) is 16.0. The van der Waals surface area contributed by atoms with Gasteiger partial charge >= 0.3 is 0 Å². The van der Waals surface area contributed by atoms with Crippen LogP contribution in [0.25, 0.3) is 0 Å². The molecule has 0 radical (unpaired) electrons. The summed E-state index contributed by atoms with van der Waals surface area (Å²) in [6.07, 6.45) is 0.790. The quantitative estimate of drug-likeness (QED) is 0.862. The van der Waals surface area contributed by atoms with Crippen LogP contribution in [0.1, 0.15) is 18.0 Å². The highest BCUT2D eigenvalue weighted by Gasteiger charge is 2.10. The third-order valence-electron chi connectivity index (χ3n) is 2.84. The molecule has 0 aliphatic rings. The molecule has 2 aromatic rings. The Hall–Kier alpha value is -0.710. The van der Waals surface area contributed by atoms with E-state index in [1.165, 1.54) is 4.90 Å². The Morgan fingerprint density at radius 3 is 2.35 bits per heavy atom. The van der Waals surface area contributed by atoms with Crippen LogP contribution < -0.4 is 11.5 Å². The van der Waals surface area contributed by atoms with Gasteiger partial charge in [0.2, 0.25) is 0 Å². The summed E-state index contributed by atoms with van der Waals surface area (Å²) >= 11 is 7.59. The minimum absolute atomic E-state index is 0. The van der Waals surface area contributed by atoms with Crippen molar-refractivity contribution in [2.24, 2.45) is 11.5 Å². The summed E-state index contributed by atoms with van der Waals surface area (Å²) in [4.78, 5) is 2.32. The van der Waals surface area contributed by atoms with Crippen LogP contribution in [0.2, 0.25) is 5.02 Å². The molecule has 0 aliphatic carbocycles. The Morgan fingerprint density at radius 1 is 1.05 bits per heavy atom. The SMILES string of the molecule is Cl.NCC[C@@H](N)c1ccccc1Sc1ccc(Cl)cc1. The first-order valence-electron chi connectivity index (χ1n) is 6.18. The summed E-state index contributed by atoms with van der Waals surface area (Å²) in [5.41, 5.74) is 12.9. The van der Waals surface area contributed by atoms with Crippen LogP contribution in [0.15, 0.2) is 58.3 Å². The van der Waals surface area contributed by atoms with E-state index >= 15 is 0 Å². The van der Waals surface area contributed by atoms with Crippen molar-refractivity contribution in [3.05, 3.63) is 59.1 Å². The van der Waals surface area contributed by atoms with Crippen LogP contribution in [0.4, 0.5) is 0 Å². The van der Waals surface area contributed by atoms with E-state index < -0.39 is 0 Å². The van der Waals surface area contributed by atoms with Crippen LogP contribution in [-0.4, -0.2) is 6.54 Å². The van der Waals surface area contributed by atoms with Crippen molar-refractivity contribution in [1.82, 2.24) is 0 Å². The molecule has 0 heterocycles. The molecule has 2 rings (SSSR count). The Balaban J connectivity index is 0.00000200. The van der Waals surface area contributed by atoms with Gasteiger partial charge in [0.1, 0.15) is 0 Å². The van der Waals surface area contributed by atoms with Crippen molar-refractivity contribution in [2.45, 2.75) is 22.3 Å². The lowest BCUT2D eigenvalue weighted by atomic mass is 10.1. The molecule has 108 valence electrons. The zero-order valence-corrected chi connectivity index (χ0v) is 13.3. The first-order chi connectivity index (χ1) is 9.20. The lowest BCUT2D eigenvalue weighted by molar-refractivity contribution is 0.651. The Bertz CT molecular complexity index is 532. The number of rotatable bonds is 5. The van der Waals surface area contributed by atoms with E-state index in [9.17, 15) is 0 Å². The van der Waals surface area contributed by atoms with Gasteiger partial charge in [-0.15, -0.1) is 12.4 Å². The summed E-state index contributed by atoms with van der Waals surface area (Å²) in [6.45, 7) is 0.598. The van der Waals surface area contributed by atoms with E-state index in [0.29, 0.717) is 6.54 Å². The largest absolute Gasteiger partial charge is 0.330 e. The molecular formula is C15H18Cl2N2S. The maximum absolute atomic E-state index is 6.17. The summed E-state index contributed by atoms with van der Waals surface area (Å²) in [7, 11) is 0. The van der Waals surface area contributed by atoms with Crippen molar-refractivity contribution >= 4 is 35.8 Å². The lowest BCUT2D eigenvalue weighted by Crippen LogP contribution is -2.15. The molecule has 0 aliphatic heterocycles. The molecule has 0 fully saturated rings. The topological polar surface area (TPSA) is 52.0 Å². The van der Waals surface area contributed by atoms with Crippen LogP contribution in [0.5, 0.6) is 0 Å². The molecule has 0 aromatic heterocycles. The molecular weight excluding hydrogens is 311 g/mol. The molecule has 0 bridgehead atoms. The van der Waals surface area contributed by atoms with Gasteiger partial charge in [0, 0.05) is 20.9 Å². The van der Waals surface area contributed by atoms with Gasteiger partial charge in [0.05, 0.1) is 0 Å². The van der Waals surface area contributed by atoms with Gasteiger partial charge in [0.25, 0.3) is 0 Å². The predicted octanol–water partition coefficient (Wildman–Crippen LogP) is 4.26. The molecule has 0 spiro atoms. The van der Waals surface area contributed by atoms with Crippen LogP contribution in [0.3, 0.4) is 0 Å². The molecule has 0 unspecified atom stereocenters. The predicted molar refractivity (Wildman–Crippen MR) is 89.9 cm³/mol. The number of hydrogen-bond acceptors (Lipinski definition) is 3. The van der Waals surface area contributed by atoms with E-state index in [1.54, 1.807) is 11.8 Å². The number of nitrogens with two attached hydrogens (primary N) is 2. The number of hydrogen-bond donors (Lipinski definition) is 2. The molecule has 5 heteroatoms. The van der Waals surface area contributed by atoms with Crippen molar-refractivity contribution in [3.63, 3.8) is 0 Å². The molecule has 0 saturated carbocycles. The normalized spacial score (nSPS) is 11.8. The molecule has 0 saturated heterocycles. The van der Waals surface area contributed by atoms with E-state index in [0.717, 1.165) is 21.9 Å². The van der Waals surface area contributed by atoms with E-state index in [-0.39, 0.29) is 18.4 Å². The first kappa shape index (κ1) is 17.3. The molecule has 2 aromatic carbocycles. The van der Waals surface area contributed by atoms with Crippen molar-refractivity contribution in [2.75, 3.05) is 6.54 Å². The standard InChI is InChI=1S/C15H17ClN2S.ClH/c16-11-5-7-12(8-6-11)19-15-4-2-1-3-13(15)14(18)9-10-17;/h1-8,14H,9-10,17-18H2;1H/t14-;/m1./s1. The zero-order chi connectivity index (χ0) is 13.7. The van der Waals surface area contributed by atoms with Crippen molar-refractivity contribution in [1.29, 1.82) is 0 Å². The highest BCUT2D eigenvalue weighted by atomic mass is 35.5. The Morgan fingerprint density at radius 2 is 1.70 bits per heavy atom. The highest BCUT2D eigenvalue weighted by molar-refractivity contribution is 7.99. The second-order valence-electron chi connectivity index (χ2n) is 4.28. The van der Waals surface area contributed by atoms with Crippen LogP contribution >= 0.6 is 35.8 Å². The fraction of sp³-hybridized carbons (Fsp3) is 0.200. The highest BCUT2D eigenvalue weighted by Crippen LogP contribution is 2.33. The zero-order valence-electron chi connectivity index (χ0n) is 11.0. The molecule has 1 atom stereocenters. The van der Waals surface area contributed by atoms with Gasteiger partial charge in [-0.3, -0.25) is 0 Å². The van der Waals surface area contributed by atoms with E-state index in [4.69, 9.17) is 23.1 Å². The Kier molecular flexibility index (Phi) is 7.41. The molecule has 2 nitrogen and oxygen atoms in total. The first-order valence-corrected chi connectivity index (χ1v) is 7.38. The third kappa shape index (κ3) is 4.69. The van der Waals surface area contributed by atoms with E-state index in [2.05, 4.69) is 12.1 Å². The second kappa shape index (κ2) is 8.55. The minimum atomic E-state index is -0.0130. The van der Waals surface area contributed by atoms with Gasteiger partial charge in [-0.25, -0.2) is 0 Å². The van der Waals surface area contributed by atoms with Gasteiger partial charge in [0.15, 0.2) is 0 Å². The third-order valence-corrected chi connectivity index (χ3v) is 4.19. The maximum atomic E-state index is 6.17. The second-order valence-corrected chi connectivity index (χ2v) is 5.83. The van der Waals surface area contributed by atoms with Crippen molar-refractivity contribution < 1.29 is 0 Å². The number of benzene rings is 2. The van der Waals surface area contributed by atoms with Gasteiger partial charge in [-0.2, -0.15) is 0 Å². The van der Waals surface area contributed by atoms with Gasteiger partial charge in [-0.1, -0.05) is 41.6 Å². The fourth-order valence-electron chi connectivity index (χ4n) is 1.84. The molecule has 20 heavy (non-hydrogen) atoms. The summed E-state index contributed by atoms with van der Waals surface area (Å²) in [5.74, 6) is 0. The summed E-state index contributed by atoms with van der Waals surface area (Å²) in [5, 5.41) is 0.748. The minimum Gasteiger partial charge on any atom is -0.330 e. The average molecular weight is 329 g/mol. The average Bonchev–Trinajstić information content (AvgIpc) is 2.42.